The number of hydrogen-bond donors (Lipinski definition) is 0. The first-order valence-electron chi connectivity index (χ1n) is 4.51. The van der Waals surface area contributed by atoms with Gasteiger partial charge in [0.1, 0.15) is 0 Å². The summed E-state index contributed by atoms with van der Waals surface area (Å²) in [5.41, 5.74) is 0. The summed E-state index contributed by atoms with van der Waals surface area (Å²) in [5.74, 6) is 0. The molecule has 0 saturated carbocycles. The van der Waals surface area contributed by atoms with Crippen LogP contribution in [0.4, 0.5) is 4.79 Å². The molecule has 0 aromatic rings. The maximum Gasteiger partial charge on any atom is 0.510 e. The summed E-state index contributed by atoms with van der Waals surface area (Å²) >= 11 is 0. The van der Waals surface area contributed by atoms with Crippen molar-refractivity contribution in [3.8, 4) is 0 Å². The van der Waals surface area contributed by atoms with Crippen molar-refractivity contribution in [3.63, 3.8) is 0 Å². The van der Waals surface area contributed by atoms with Crippen LogP contribution in [0.1, 0.15) is 34.1 Å². The van der Waals surface area contributed by atoms with E-state index in [1.807, 2.05) is 13.8 Å². The third kappa shape index (κ3) is 7.59. The molecule has 0 aromatic heterocycles. The lowest BCUT2D eigenvalue weighted by molar-refractivity contribution is -0.0766. The molecule has 1 unspecified atom stereocenters. The van der Waals surface area contributed by atoms with Crippen LogP contribution in [0.25, 0.3) is 0 Å². The first-order chi connectivity index (χ1) is 6.06. The quantitative estimate of drug-likeness (QED) is 0.493. The van der Waals surface area contributed by atoms with Crippen LogP contribution >= 0.6 is 0 Å². The van der Waals surface area contributed by atoms with Crippen LogP contribution in [-0.2, 0) is 14.2 Å². The van der Waals surface area contributed by atoms with Gasteiger partial charge in [-0.15, -0.1) is 0 Å². The number of carbonyl (C=O) groups is 1. The summed E-state index contributed by atoms with van der Waals surface area (Å²) in [6, 6.07) is 0. The normalized spacial score (nSPS) is 12.7. The second-order valence-electron chi connectivity index (χ2n) is 3.06. The molecule has 0 rings (SSSR count). The highest BCUT2D eigenvalue weighted by atomic mass is 16.8. The van der Waals surface area contributed by atoms with E-state index in [2.05, 4.69) is 4.74 Å². The van der Waals surface area contributed by atoms with Gasteiger partial charge in [0.15, 0.2) is 6.79 Å². The molecule has 0 spiro atoms. The Bertz CT molecular complexity index is 145. The van der Waals surface area contributed by atoms with Crippen LogP contribution in [0.5, 0.6) is 0 Å². The van der Waals surface area contributed by atoms with Gasteiger partial charge >= 0.3 is 6.16 Å². The summed E-state index contributed by atoms with van der Waals surface area (Å²) in [7, 11) is 0. The molecule has 0 bridgehead atoms. The van der Waals surface area contributed by atoms with Gasteiger partial charge in [0.2, 0.25) is 0 Å². The standard InChI is InChI=1S/C9H18O4/c1-5-8(4)11-6-12-9(10)13-7(2)3/h7-8H,5-6H2,1-4H3. The van der Waals surface area contributed by atoms with E-state index >= 15 is 0 Å². The highest BCUT2D eigenvalue weighted by Gasteiger charge is 2.06. The Morgan fingerprint density at radius 1 is 1.31 bits per heavy atom. The topological polar surface area (TPSA) is 44.8 Å². The molecule has 78 valence electrons. The van der Waals surface area contributed by atoms with E-state index in [1.54, 1.807) is 13.8 Å². The Morgan fingerprint density at radius 2 is 1.92 bits per heavy atom. The monoisotopic (exact) mass is 190 g/mol. The molecule has 0 amide bonds. The Balaban J connectivity index is 3.37. The Hall–Kier alpha value is -0.770. The van der Waals surface area contributed by atoms with Gasteiger partial charge in [-0.2, -0.15) is 0 Å². The van der Waals surface area contributed by atoms with Crippen LogP contribution in [0, 0.1) is 0 Å². The molecule has 4 heteroatoms. The average molecular weight is 190 g/mol. The summed E-state index contributed by atoms with van der Waals surface area (Å²) in [5, 5.41) is 0. The molecule has 0 radical (unpaired) electrons. The van der Waals surface area contributed by atoms with Gasteiger partial charge in [-0.1, -0.05) is 6.92 Å². The molecular weight excluding hydrogens is 172 g/mol. The highest BCUT2D eigenvalue weighted by molar-refractivity contribution is 5.59. The Morgan fingerprint density at radius 3 is 2.38 bits per heavy atom. The smallest absolute Gasteiger partial charge is 0.432 e. The lowest BCUT2D eigenvalue weighted by Crippen LogP contribution is -2.17. The van der Waals surface area contributed by atoms with E-state index in [4.69, 9.17) is 9.47 Å². The number of hydrogen-bond acceptors (Lipinski definition) is 4. The van der Waals surface area contributed by atoms with Crippen molar-refractivity contribution in [2.75, 3.05) is 6.79 Å². The average Bonchev–Trinajstić information content (AvgIpc) is 2.02. The maximum atomic E-state index is 10.8. The van der Waals surface area contributed by atoms with E-state index in [1.165, 1.54) is 0 Å². The molecule has 0 aromatic carbocycles. The van der Waals surface area contributed by atoms with Gasteiger partial charge in [-0.25, -0.2) is 4.79 Å². The molecule has 0 N–H and O–H groups in total. The van der Waals surface area contributed by atoms with Gasteiger partial charge in [-0.05, 0) is 27.2 Å². The van der Waals surface area contributed by atoms with Gasteiger partial charge < -0.3 is 14.2 Å². The minimum Gasteiger partial charge on any atom is -0.432 e. The van der Waals surface area contributed by atoms with Gasteiger partial charge in [0.05, 0.1) is 12.2 Å². The fourth-order valence-electron chi connectivity index (χ4n) is 0.543. The molecule has 1 atom stereocenters. The van der Waals surface area contributed by atoms with Crippen molar-refractivity contribution < 1.29 is 19.0 Å². The number of rotatable bonds is 5. The SMILES string of the molecule is CCC(C)OCOC(=O)OC(C)C. The largest absolute Gasteiger partial charge is 0.510 e. The molecule has 4 nitrogen and oxygen atoms in total. The Labute approximate surface area is 79.2 Å². The molecule has 0 aliphatic carbocycles. The predicted molar refractivity (Wildman–Crippen MR) is 48.4 cm³/mol. The lowest BCUT2D eigenvalue weighted by atomic mass is 10.3. The highest BCUT2D eigenvalue weighted by Crippen LogP contribution is 1.97. The molecule has 0 fully saturated rings. The first kappa shape index (κ1) is 12.2. The van der Waals surface area contributed by atoms with E-state index in [9.17, 15) is 4.79 Å². The third-order valence-corrected chi connectivity index (χ3v) is 1.44. The fraction of sp³-hybridized carbons (Fsp3) is 0.889. The van der Waals surface area contributed by atoms with Crippen LogP contribution in [0.3, 0.4) is 0 Å². The van der Waals surface area contributed by atoms with Crippen molar-refractivity contribution in [2.45, 2.75) is 46.3 Å². The zero-order chi connectivity index (χ0) is 10.3. The van der Waals surface area contributed by atoms with Crippen molar-refractivity contribution in [1.82, 2.24) is 0 Å². The van der Waals surface area contributed by atoms with Crippen LogP contribution in [0.15, 0.2) is 0 Å². The Kier molecular flexibility index (Phi) is 6.32. The summed E-state index contributed by atoms with van der Waals surface area (Å²) in [4.78, 5) is 10.8. The zero-order valence-corrected chi connectivity index (χ0v) is 8.70. The number of ether oxygens (including phenoxy) is 3. The maximum absolute atomic E-state index is 10.8. The summed E-state index contributed by atoms with van der Waals surface area (Å²) in [6.45, 7) is 7.39. The fourth-order valence-corrected chi connectivity index (χ4v) is 0.543. The van der Waals surface area contributed by atoms with E-state index in [-0.39, 0.29) is 19.0 Å². The molecule has 13 heavy (non-hydrogen) atoms. The van der Waals surface area contributed by atoms with Crippen LogP contribution < -0.4 is 0 Å². The minimum atomic E-state index is -0.682. The van der Waals surface area contributed by atoms with Crippen molar-refractivity contribution in [2.24, 2.45) is 0 Å². The van der Waals surface area contributed by atoms with Gasteiger partial charge in [0.25, 0.3) is 0 Å². The molecule has 0 aliphatic heterocycles. The van der Waals surface area contributed by atoms with Crippen LogP contribution in [0.2, 0.25) is 0 Å². The van der Waals surface area contributed by atoms with Crippen molar-refractivity contribution >= 4 is 6.16 Å². The zero-order valence-electron chi connectivity index (χ0n) is 8.70. The molecule has 0 heterocycles. The summed E-state index contributed by atoms with van der Waals surface area (Å²) in [6.07, 6.45) is 0.157. The minimum absolute atomic E-state index is 0.0411. The van der Waals surface area contributed by atoms with E-state index in [0.29, 0.717) is 0 Å². The molecular formula is C9H18O4. The predicted octanol–water partition coefficient (Wildman–Crippen LogP) is 2.32. The van der Waals surface area contributed by atoms with E-state index < -0.39 is 6.16 Å². The number of carbonyl (C=O) groups excluding carboxylic acids is 1. The summed E-state index contributed by atoms with van der Waals surface area (Å²) < 4.78 is 14.5. The van der Waals surface area contributed by atoms with Crippen molar-refractivity contribution in [3.05, 3.63) is 0 Å². The van der Waals surface area contributed by atoms with Gasteiger partial charge in [-0.3, -0.25) is 0 Å². The first-order valence-corrected chi connectivity index (χ1v) is 4.51. The second-order valence-corrected chi connectivity index (χ2v) is 3.06. The second kappa shape index (κ2) is 6.71. The lowest BCUT2D eigenvalue weighted by Gasteiger charge is -2.11. The molecule has 0 aliphatic rings. The van der Waals surface area contributed by atoms with Gasteiger partial charge in [0, 0.05) is 0 Å². The third-order valence-electron chi connectivity index (χ3n) is 1.44. The van der Waals surface area contributed by atoms with Crippen molar-refractivity contribution in [1.29, 1.82) is 0 Å². The van der Waals surface area contributed by atoms with E-state index in [0.717, 1.165) is 6.42 Å². The molecule has 0 saturated heterocycles. The van der Waals surface area contributed by atoms with Crippen LogP contribution in [-0.4, -0.2) is 25.2 Å².